The highest BCUT2D eigenvalue weighted by Gasteiger charge is 2.18. The second-order valence-corrected chi connectivity index (χ2v) is 4.37. The second kappa shape index (κ2) is 5.67. The fourth-order valence-electron chi connectivity index (χ4n) is 1.93. The number of aromatic amines is 1. The van der Waals surface area contributed by atoms with Crippen molar-refractivity contribution in [2.45, 2.75) is 19.9 Å². The molecule has 0 spiro atoms. The van der Waals surface area contributed by atoms with Crippen LogP contribution in [0, 0.1) is 0 Å². The van der Waals surface area contributed by atoms with Crippen LogP contribution in [0.5, 0.6) is 0 Å². The van der Waals surface area contributed by atoms with Gasteiger partial charge in [-0.3, -0.25) is 4.79 Å². The van der Waals surface area contributed by atoms with Crippen molar-refractivity contribution in [3.8, 4) is 0 Å². The molecule has 6 heteroatoms. The third-order valence-corrected chi connectivity index (χ3v) is 2.64. The molecule has 1 atom stereocenters. The predicted molar refractivity (Wildman–Crippen MR) is 70.3 cm³/mol. The first-order valence-corrected chi connectivity index (χ1v) is 5.71. The monoisotopic (exact) mass is 239 g/mol. The molecule has 17 heavy (non-hydrogen) atoms. The molecule has 0 saturated carbocycles. The van der Waals surface area contributed by atoms with Crippen LogP contribution in [0.3, 0.4) is 0 Å². The van der Waals surface area contributed by atoms with E-state index in [1.807, 2.05) is 25.9 Å². The zero-order valence-corrected chi connectivity index (χ0v) is 10.9. The summed E-state index contributed by atoms with van der Waals surface area (Å²) in [7, 11) is 4.03. The lowest BCUT2D eigenvalue weighted by atomic mass is 10.2. The fraction of sp³-hybridized carbons (Fsp3) is 0.636. The lowest BCUT2D eigenvalue weighted by Crippen LogP contribution is -2.41. The van der Waals surface area contributed by atoms with E-state index < -0.39 is 0 Å². The number of nitrogens with one attached hydrogen (secondary N) is 1. The Bertz CT molecular complexity index is 415. The average Bonchev–Trinajstić information content (AvgIpc) is 2.24. The average molecular weight is 239 g/mol. The van der Waals surface area contributed by atoms with Crippen LogP contribution in [0.25, 0.3) is 0 Å². The van der Waals surface area contributed by atoms with E-state index in [1.54, 1.807) is 0 Å². The van der Waals surface area contributed by atoms with E-state index in [1.165, 1.54) is 6.33 Å². The maximum atomic E-state index is 11.4. The van der Waals surface area contributed by atoms with E-state index in [-0.39, 0.29) is 17.3 Å². The molecular weight excluding hydrogens is 218 g/mol. The van der Waals surface area contributed by atoms with Gasteiger partial charge in [0.2, 0.25) is 0 Å². The number of hydrogen-bond donors (Lipinski definition) is 2. The molecule has 6 nitrogen and oxygen atoms in total. The Morgan fingerprint density at radius 2 is 2.18 bits per heavy atom. The molecule has 1 unspecified atom stereocenters. The zero-order valence-electron chi connectivity index (χ0n) is 10.9. The van der Waals surface area contributed by atoms with Crippen LogP contribution < -0.4 is 16.2 Å². The summed E-state index contributed by atoms with van der Waals surface area (Å²) in [6.45, 7) is 5.75. The highest BCUT2D eigenvalue weighted by Crippen LogP contribution is 2.17. The largest absolute Gasteiger partial charge is 0.391 e. The Balaban J connectivity index is 3.01. The molecule has 0 aliphatic rings. The van der Waals surface area contributed by atoms with E-state index in [4.69, 9.17) is 5.73 Å². The van der Waals surface area contributed by atoms with Gasteiger partial charge < -0.3 is 20.5 Å². The number of hydrogen-bond acceptors (Lipinski definition) is 5. The summed E-state index contributed by atoms with van der Waals surface area (Å²) in [4.78, 5) is 22.2. The molecule has 96 valence electrons. The Kier molecular flexibility index (Phi) is 4.51. The Labute approximate surface area is 101 Å². The Morgan fingerprint density at radius 3 is 2.71 bits per heavy atom. The maximum absolute atomic E-state index is 11.4. The lowest BCUT2D eigenvalue weighted by Gasteiger charge is -2.31. The van der Waals surface area contributed by atoms with Crippen LogP contribution in [0.2, 0.25) is 0 Å². The summed E-state index contributed by atoms with van der Waals surface area (Å²) in [5, 5.41) is 0. The number of aromatic nitrogens is 2. The van der Waals surface area contributed by atoms with Gasteiger partial charge in [-0.15, -0.1) is 0 Å². The van der Waals surface area contributed by atoms with E-state index in [2.05, 4.69) is 21.8 Å². The SMILES string of the molecule is CCN(c1nc[nH]c(=O)c1N)C(C)CN(C)C. The molecule has 0 radical (unpaired) electrons. The second-order valence-electron chi connectivity index (χ2n) is 4.37. The molecule has 1 aromatic rings. The maximum Gasteiger partial charge on any atom is 0.276 e. The summed E-state index contributed by atoms with van der Waals surface area (Å²) in [5.41, 5.74) is 5.66. The van der Waals surface area contributed by atoms with Crippen LogP contribution in [0.15, 0.2) is 11.1 Å². The summed E-state index contributed by atoms with van der Waals surface area (Å²) in [5.74, 6) is 0.561. The lowest BCUT2D eigenvalue weighted by molar-refractivity contribution is 0.372. The van der Waals surface area contributed by atoms with Gasteiger partial charge in [0.05, 0.1) is 6.33 Å². The van der Waals surface area contributed by atoms with Gasteiger partial charge >= 0.3 is 0 Å². The zero-order chi connectivity index (χ0) is 13.0. The highest BCUT2D eigenvalue weighted by molar-refractivity contribution is 5.61. The third-order valence-electron chi connectivity index (χ3n) is 2.64. The molecule has 3 N–H and O–H groups in total. The van der Waals surface area contributed by atoms with Crippen LogP contribution in [-0.2, 0) is 0 Å². The van der Waals surface area contributed by atoms with Gasteiger partial charge in [0.15, 0.2) is 5.82 Å². The van der Waals surface area contributed by atoms with E-state index in [0.29, 0.717) is 5.82 Å². The highest BCUT2D eigenvalue weighted by atomic mass is 16.1. The summed E-state index contributed by atoms with van der Waals surface area (Å²) >= 11 is 0. The molecule has 0 saturated heterocycles. The molecule has 0 amide bonds. The number of anilines is 2. The first kappa shape index (κ1) is 13.5. The topological polar surface area (TPSA) is 78.2 Å². The number of likely N-dealkylation sites (N-methyl/N-ethyl adjacent to an activating group) is 2. The molecule has 0 aliphatic carbocycles. The first-order valence-electron chi connectivity index (χ1n) is 5.71. The van der Waals surface area contributed by atoms with Gasteiger partial charge in [0.1, 0.15) is 5.69 Å². The summed E-state index contributed by atoms with van der Waals surface area (Å²) in [6.07, 6.45) is 1.39. The standard InChI is InChI=1S/C11H21N5O/c1-5-16(8(2)6-15(3)4)10-9(12)11(17)14-7-13-10/h7-8H,5-6,12H2,1-4H3,(H,13,14,17). The van der Waals surface area contributed by atoms with Gasteiger partial charge in [0.25, 0.3) is 5.56 Å². The minimum atomic E-state index is -0.287. The van der Waals surface area contributed by atoms with E-state index >= 15 is 0 Å². The summed E-state index contributed by atoms with van der Waals surface area (Å²) in [6, 6.07) is 0.242. The van der Waals surface area contributed by atoms with Gasteiger partial charge in [-0.25, -0.2) is 4.98 Å². The van der Waals surface area contributed by atoms with Crippen molar-refractivity contribution >= 4 is 11.5 Å². The minimum absolute atomic E-state index is 0.181. The molecule has 0 aromatic carbocycles. The van der Waals surface area contributed by atoms with Crippen LogP contribution in [-0.4, -0.2) is 48.1 Å². The van der Waals surface area contributed by atoms with Crippen molar-refractivity contribution < 1.29 is 0 Å². The molecule has 0 fully saturated rings. The molecule has 0 bridgehead atoms. The third kappa shape index (κ3) is 3.20. The van der Waals surface area contributed by atoms with E-state index in [0.717, 1.165) is 13.1 Å². The molecule has 1 aromatic heterocycles. The first-order chi connectivity index (χ1) is 7.97. The smallest absolute Gasteiger partial charge is 0.276 e. The molecule has 1 heterocycles. The minimum Gasteiger partial charge on any atom is -0.391 e. The van der Waals surface area contributed by atoms with Crippen molar-refractivity contribution in [3.05, 3.63) is 16.7 Å². The summed E-state index contributed by atoms with van der Waals surface area (Å²) < 4.78 is 0. The van der Waals surface area contributed by atoms with Crippen molar-refractivity contribution in [2.24, 2.45) is 0 Å². The number of rotatable bonds is 5. The van der Waals surface area contributed by atoms with Crippen LogP contribution >= 0.6 is 0 Å². The fourth-order valence-corrected chi connectivity index (χ4v) is 1.93. The number of nitrogens with two attached hydrogens (primary N) is 1. The van der Waals surface area contributed by atoms with Crippen LogP contribution in [0.1, 0.15) is 13.8 Å². The Morgan fingerprint density at radius 1 is 1.53 bits per heavy atom. The number of H-pyrrole nitrogens is 1. The normalized spacial score (nSPS) is 12.8. The molecular formula is C11H21N5O. The molecule has 1 rings (SSSR count). The van der Waals surface area contributed by atoms with Crippen LogP contribution in [0.4, 0.5) is 11.5 Å². The number of nitrogens with zero attached hydrogens (tertiary/aromatic N) is 3. The van der Waals surface area contributed by atoms with Gasteiger partial charge in [-0.1, -0.05) is 0 Å². The van der Waals surface area contributed by atoms with Gasteiger partial charge in [-0.05, 0) is 27.9 Å². The molecule has 0 aliphatic heterocycles. The van der Waals surface area contributed by atoms with Gasteiger partial charge in [0, 0.05) is 19.1 Å². The van der Waals surface area contributed by atoms with Crippen molar-refractivity contribution in [3.63, 3.8) is 0 Å². The van der Waals surface area contributed by atoms with E-state index in [9.17, 15) is 4.79 Å². The Hall–Kier alpha value is -1.56. The van der Waals surface area contributed by atoms with Crippen molar-refractivity contribution in [2.75, 3.05) is 37.8 Å². The van der Waals surface area contributed by atoms with Crippen molar-refractivity contribution in [1.29, 1.82) is 0 Å². The van der Waals surface area contributed by atoms with Crippen molar-refractivity contribution in [1.82, 2.24) is 14.9 Å². The van der Waals surface area contributed by atoms with Gasteiger partial charge in [-0.2, -0.15) is 0 Å². The number of nitrogen functional groups attached to an aromatic ring is 1. The quantitative estimate of drug-likeness (QED) is 0.763. The predicted octanol–water partition coefficient (Wildman–Crippen LogP) is 0.129.